The first-order valence-electron chi connectivity index (χ1n) is 12.0. The number of carbonyl (C=O) groups is 2. The van der Waals surface area contributed by atoms with E-state index in [9.17, 15) is 27.2 Å². The second-order valence-corrected chi connectivity index (χ2v) is 9.26. The number of nitrogens with zero attached hydrogens (tertiary/aromatic N) is 3. The van der Waals surface area contributed by atoms with Crippen LogP contribution in [0.25, 0.3) is 0 Å². The predicted molar refractivity (Wildman–Crippen MR) is 119 cm³/mol. The Hall–Kier alpha value is -2.91. The molecule has 35 heavy (non-hydrogen) atoms. The van der Waals surface area contributed by atoms with Gasteiger partial charge < -0.3 is 9.64 Å². The lowest BCUT2D eigenvalue weighted by molar-refractivity contribution is -0.149. The molecule has 0 spiro atoms. The molecule has 1 amide bonds. The van der Waals surface area contributed by atoms with Crippen molar-refractivity contribution in [2.75, 3.05) is 13.2 Å². The van der Waals surface area contributed by atoms with Crippen molar-refractivity contribution in [3.05, 3.63) is 52.6 Å². The van der Waals surface area contributed by atoms with Crippen LogP contribution in [-0.2, 0) is 40.0 Å². The average molecular weight is 496 g/mol. The molecular formula is C25H29F4N3O3. The minimum Gasteiger partial charge on any atom is -0.466 e. The van der Waals surface area contributed by atoms with Crippen LogP contribution in [0.4, 0.5) is 17.6 Å². The number of rotatable bonds is 6. The second-order valence-electron chi connectivity index (χ2n) is 9.26. The molecule has 0 atom stereocenters. The largest absolute Gasteiger partial charge is 0.466 e. The van der Waals surface area contributed by atoms with Gasteiger partial charge in [-0.05, 0) is 51.0 Å². The molecule has 0 unspecified atom stereocenters. The number of aromatic nitrogens is 2. The van der Waals surface area contributed by atoms with Gasteiger partial charge in [-0.1, -0.05) is 18.2 Å². The molecule has 4 rings (SSSR count). The molecule has 2 heterocycles. The monoisotopic (exact) mass is 495 g/mol. The number of hydrogen-bond donors (Lipinski definition) is 0. The first kappa shape index (κ1) is 25.2. The number of esters is 1. The molecule has 6 nitrogen and oxygen atoms in total. The Morgan fingerprint density at radius 3 is 2.51 bits per heavy atom. The molecule has 0 radical (unpaired) electrons. The standard InChI is InChI=1S/C25H29F4N3O3/c1-2-35-24(34)17-9-7-16(8-10-17)13-22(33)31-12-11-19-21(15-31)32(30-23(19)25(27,28)29)14-18-5-3-4-6-20(18)26/h3-6,16-17H,2,7-15H2,1H3. The molecule has 2 aliphatic rings. The van der Waals surface area contributed by atoms with Crippen LogP contribution in [0, 0.1) is 17.7 Å². The summed E-state index contributed by atoms with van der Waals surface area (Å²) < 4.78 is 61.4. The van der Waals surface area contributed by atoms with Gasteiger partial charge in [0.15, 0.2) is 5.69 Å². The van der Waals surface area contributed by atoms with E-state index in [4.69, 9.17) is 4.74 Å². The number of fused-ring (bicyclic) bond motifs is 1. The molecule has 1 aromatic heterocycles. The zero-order valence-corrected chi connectivity index (χ0v) is 19.6. The van der Waals surface area contributed by atoms with Gasteiger partial charge in [0, 0.05) is 24.1 Å². The molecule has 10 heteroatoms. The highest BCUT2D eigenvalue weighted by Gasteiger charge is 2.41. The average Bonchev–Trinajstić information content (AvgIpc) is 3.19. The summed E-state index contributed by atoms with van der Waals surface area (Å²) in [7, 11) is 0. The van der Waals surface area contributed by atoms with Crippen molar-refractivity contribution < 1.29 is 31.9 Å². The number of amides is 1. The second kappa shape index (κ2) is 10.4. The van der Waals surface area contributed by atoms with Gasteiger partial charge in [0.25, 0.3) is 0 Å². The van der Waals surface area contributed by atoms with E-state index < -0.39 is 17.7 Å². The first-order valence-corrected chi connectivity index (χ1v) is 12.0. The Morgan fingerprint density at radius 2 is 1.86 bits per heavy atom. The summed E-state index contributed by atoms with van der Waals surface area (Å²) in [5.74, 6) is -0.838. The van der Waals surface area contributed by atoms with Gasteiger partial charge in [-0.25, -0.2) is 4.39 Å². The summed E-state index contributed by atoms with van der Waals surface area (Å²) in [5.41, 5.74) is -0.361. The van der Waals surface area contributed by atoms with E-state index in [1.54, 1.807) is 17.9 Å². The lowest BCUT2D eigenvalue weighted by atomic mass is 9.80. The van der Waals surface area contributed by atoms with Gasteiger partial charge in [0.05, 0.1) is 31.3 Å². The predicted octanol–water partition coefficient (Wildman–Crippen LogP) is 4.73. The molecule has 1 fully saturated rings. The number of ether oxygens (including phenoxy) is 1. The first-order chi connectivity index (χ1) is 16.7. The number of carbonyl (C=O) groups excluding carboxylic acids is 2. The molecule has 0 bridgehead atoms. The fourth-order valence-electron chi connectivity index (χ4n) is 5.08. The molecule has 2 aromatic rings. The molecule has 190 valence electrons. The van der Waals surface area contributed by atoms with Gasteiger partial charge in [0.1, 0.15) is 5.82 Å². The number of hydrogen-bond acceptors (Lipinski definition) is 4. The van der Waals surface area contributed by atoms with Crippen LogP contribution in [0.2, 0.25) is 0 Å². The van der Waals surface area contributed by atoms with Gasteiger partial charge >= 0.3 is 12.1 Å². The zero-order chi connectivity index (χ0) is 25.2. The third kappa shape index (κ3) is 5.67. The van der Waals surface area contributed by atoms with Crippen LogP contribution >= 0.6 is 0 Å². The molecule has 1 aliphatic heterocycles. The maximum absolute atomic E-state index is 14.2. The molecule has 0 saturated heterocycles. The number of benzene rings is 1. The fourth-order valence-corrected chi connectivity index (χ4v) is 5.08. The van der Waals surface area contributed by atoms with Gasteiger partial charge in [-0.2, -0.15) is 18.3 Å². The summed E-state index contributed by atoms with van der Waals surface area (Å²) in [6.07, 6.45) is -1.48. The van der Waals surface area contributed by atoms with Crippen LogP contribution < -0.4 is 0 Å². The maximum atomic E-state index is 14.2. The summed E-state index contributed by atoms with van der Waals surface area (Å²) >= 11 is 0. The topological polar surface area (TPSA) is 64.4 Å². The molecule has 1 aromatic carbocycles. The third-order valence-corrected chi connectivity index (χ3v) is 6.97. The molecule has 1 saturated carbocycles. The van der Waals surface area contributed by atoms with Crippen LogP contribution in [0.15, 0.2) is 24.3 Å². The quantitative estimate of drug-likeness (QED) is 0.429. The van der Waals surface area contributed by atoms with Crippen molar-refractivity contribution in [2.45, 2.75) is 64.7 Å². The molecule has 0 N–H and O–H groups in total. The number of halogens is 4. The van der Waals surface area contributed by atoms with Crippen molar-refractivity contribution in [3.63, 3.8) is 0 Å². The van der Waals surface area contributed by atoms with E-state index in [0.717, 1.165) is 12.8 Å². The van der Waals surface area contributed by atoms with Crippen LogP contribution in [-0.4, -0.2) is 39.7 Å². The maximum Gasteiger partial charge on any atom is 0.435 e. The Kier molecular flexibility index (Phi) is 7.47. The van der Waals surface area contributed by atoms with Crippen LogP contribution in [0.3, 0.4) is 0 Å². The van der Waals surface area contributed by atoms with Crippen LogP contribution in [0.5, 0.6) is 0 Å². The SMILES string of the molecule is CCOC(=O)C1CCC(CC(=O)N2CCc3c(C(F)(F)F)nn(Cc4ccccc4F)c3C2)CC1. The van der Waals surface area contributed by atoms with Crippen molar-refractivity contribution in [1.82, 2.24) is 14.7 Å². The summed E-state index contributed by atoms with van der Waals surface area (Å²) in [5, 5.41) is 3.79. The van der Waals surface area contributed by atoms with E-state index in [1.807, 2.05) is 0 Å². The molecule has 1 aliphatic carbocycles. The van der Waals surface area contributed by atoms with Crippen molar-refractivity contribution in [2.24, 2.45) is 11.8 Å². The Bertz CT molecular complexity index is 1070. The highest BCUT2D eigenvalue weighted by atomic mass is 19.4. The van der Waals surface area contributed by atoms with Crippen molar-refractivity contribution in [3.8, 4) is 0 Å². The van der Waals surface area contributed by atoms with Gasteiger partial charge in [-0.3, -0.25) is 14.3 Å². The Balaban J connectivity index is 1.46. The summed E-state index contributed by atoms with van der Waals surface area (Å²) in [4.78, 5) is 26.6. The van der Waals surface area contributed by atoms with E-state index in [-0.39, 0.29) is 60.9 Å². The van der Waals surface area contributed by atoms with Gasteiger partial charge in [-0.15, -0.1) is 0 Å². The highest BCUT2D eigenvalue weighted by molar-refractivity contribution is 5.77. The van der Waals surface area contributed by atoms with E-state index in [2.05, 4.69) is 5.10 Å². The van der Waals surface area contributed by atoms with Crippen molar-refractivity contribution >= 4 is 11.9 Å². The molecular weight excluding hydrogens is 466 g/mol. The van der Waals surface area contributed by atoms with E-state index in [1.165, 1.54) is 22.9 Å². The van der Waals surface area contributed by atoms with E-state index >= 15 is 0 Å². The lowest BCUT2D eigenvalue weighted by Gasteiger charge is -2.31. The third-order valence-electron chi connectivity index (χ3n) is 6.97. The lowest BCUT2D eigenvalue weighted by Crippen LogP contribution is -2.38. The smallest absolute Gasteiger partial charge is 0.435 e. The zero-order valence-electron chi connectivity index (χ0n) is 19.6. The Labute approximate surface area is 201 Å². The van der Waals surface area contributed by atoms with E-state index in [0.29, 0.717) is 31.6 Å². The normalized spacial score (nSPS) is 20.4. The van der Waals surface area contributed by atoms with Crippen LogP contribution in [0.1, 0.15) is 61.5 Å². The number of alkyl halides is 3. The minimum atomic E-state index is -4.63. The summed E-state index contributed by atoms with van der Waals surface area (Å²) in [6.45, 7) is 2.15. The fraction of sp³-hybridized carbons (Fsp3) is 0.560. The Morgan fingerprint density at radius 1 is 1.14 bits per heavy atom. The minimum absolute atomic E-state index is 0.00384. The highest BCUT2D eigenvalue weighted by Crippen LogP contribution is 2.36. The van der Waals surface area contributed by atoms with Gasteiger partial charge in [0.2, 0.25) is 5.91 Å². The van der Waals surface area contributed by atoms with Crippen molar-refractivity contribution in [1.29, 1.82) is 0 Å². The summed E-state index contributed by atoms with van der Waals surface area (Å²) in [6, 6.07) is 5.89.